The zero-order valence-electron chi connectivity index (χ0n) is 25.9. The zero-order chi connectivity index (χ0) is 31.7. The number of carbonyl (C=O) groups excluding carboxylic acids is 1. The van der Waals surface area contributed by atoms with Crippen LogP contribution in [-0.2, 0) is 27.1 Å². The Kier molecular flexibility index (Phi) is 10.7. The molecule has 1 amide bonds. The van der Waals surface area contributed by atoms with Gasteiger partial charge in [0.1, 0.15) is 22.6 Å². The van der Waals surface area contributed by atoms with Crippen molar-refractivity contribution in [1.82, 2.24) is 4.98 Å². The SMILES string of the molecule is CCC(SCc1ccc(OC)cc1)C(Cc1ccc(NC(=O)OC(C)(C)C)nc1)(C(=O)O)c1cccc(-c2ccccc2)c1. The maximum absolute atomic E-state index is 13.6. The highest BCUT2D eigenvalue weighted by Crippen LogP contribution is 2.43. The number of aliphatic carboxylic acids is 1. The zero-order valence-corrected chi connectivity index (χ0v) is 26.7. The molecule has 2 N–H and O–H groups in total. The Morgan fingerprint density at radius 2 is 1.59 bits per heavy atom. The molecule has 230 valence electrons. The molecule has 2 atom stereocenters. The number of anilines is 1. The molecule has 4 aromatic rings. The number of nitrogens with one attached hydrogen (secondary N) is 1. The van der Waals surface area contributed by atoms with Crippen LogP contribution in [0.25, 0.3) is 11.1 Å². The van der Waals surface area contributed by atoms with Crippen LogP contribution in [0.1, 0.15) is 50.8 Å². The van der Waals surface area contributed by atoms with Crippen molar-refractivity contribution in [3.63, 3.8) is 0 Å². The molecule has 0 bridgehead atoms. The molecular formula is C36H40N2O5S. The number of benzene rings is 3. The number of rotatable bonds is 12. The van der Waals surface area contributed by atoms with Crippen molar-refractivity contribution in [2.75, 3.05) is 12.4 Å². The van der Waals surface area contributed by atoms with E-state index in [1.54, 1.807) is 51.9 Å². The van der Waals surface area contributed by atoms with Gasteiger partial charge in [0.05, 0.1) is 7.11 Å². The average Bonchev–Trinajstić information content (AvgIpc) is 3.01. The number of carboxylic acid groups (broad SMARTS) is 1. The molecule has 2 unspecified atom stereocenters. The van der Waals surface area contributed by atoms with E-state index in [-0.39, 0.29) is 11.7 Å². The van der Waals surface area contributed by atoms with E-state index in [0.29, 0.717) is 18.0 Å². The molecule has 0 aliphatic heterocycles. The molecule has 4 rings (SSSR count). The lowest BCUT2D eigenvalue weighted by Crippen LogP contribution is -2.47. The summed E-state index contributed by atoms with van der Waals surface area (Å²) in [6.45, 7) is 7.41. The van der Waals surface area contributed by atoms with Gasteiger partial charge in [0.2, 0.25) is 0 Å². The van der Waals surface area contributed by atoms with Gasteiger partial charge in [-0.2, -0.15) is 11.8 Å². The predicted molar refractivity (Wildman–Crippen MR) is 177 cm³/mol. The highest BCUT2D eigenvalue weighted by Gasteiger charge is 2.47. The van der Waals surface area contributed by atoms with Crippen molar-refractivity contribution in [1.29, 1.82) is 0 Å². The first kappa shape index (κ1) is 32.6. The van der Waals surface area contributed by atoms with Gasteiger partial charge in [-0.3, -0.25) is 10.1 Å². The van der Waals surface area contributed by atoms with Gasteiger partial charge in [-0.15, -0.1) is 0 Å². The highest BCUT2D eigenvalue weighted by atomic mass is 32.2. The van der Waals surface area contributed by atoms with E-state index in [1.807, 2.05) is 91.9 Å². The molecule has 0 aliphatic rings. The standard InChI is InChI=1S/C36H40N2O5S/c1-6-31(44-24-25-15-18-30(42-5)19-16-25)36(33(39)40,29-14-10-13-28(21-29)27-11-8-7-9-12-27)22-26-17-20-32(37-23-26)38-34(41)43-35(2,3)4/h7-21,23,31H,6,22,24H2,1-5H3,(H,39,40)(H,37,38,41). The van der Waals surface area contributed by atoms with E-state index in [9.17, 15) is 14.7 Å². The van der Waals surface area contributed by atoms with Crippen LogP contribution in [0.3, 0.4) is 0 Å². The van der Waals surface area contributed by atoms with Crippen LogP contribution >= 0.6 is 11.8 Å². The summed E-state index contributed by atoms with van der Waals surface area (Å²) in [6, 6.07) is 29.2. The molecule has 0 spiro atoms. The van der Waals surface area contributed by atoms with Gasteiger partial charge in [0.15, 0.2) is 0 Å². The lowest BCUT2D eigenvalue weighted by Gasteiger charge is -2.37. The van der Waals surface area contributed by atoms with Gasteiger partial charge in [0.25, 0.3) is 0 Å². The quantitative estimate of drug-likeness (QED) is 0.166. The maximum atomic E-state index is 13.6. The van der Waals surface area contributed by atoms with Gasteiger partial charge in [-0.1, -0.05) is 73.7 Å². The second-order valence-electron chi connectivity index (χ2n) is 11.6. The molecule has 44 heavy (non-hydrogen) atoms. The average molecular weight is 613 g/mol. The number of carbonyl (C=O) groups is 2. The molecule has 3 aromatic carbocycles. The normalized spacial score (nSPS) is 13.4. The molecular weight excluding hydrogens is 572 g/mol. The summed E-state index contributed by atoms with van der Waals surface area (Å²) in [7, 11) is 1.64. The smallest absolute Gasteiger partial charge is 0.413 e. The Bertz CT molecular complexity index is 1540. The number of pyridine rings is 1. The molecule has 0 saturated carbocycles. The topological polar surface area (TPSA) is 97.8 Å². The molecule has 0 fully saturated rings. The first-order chi connectivity index (χ1) is 21.0. The van der Waals surface area contributed by atoms with Crippen molar-refractivity contribution >= 4 is 29.6 Å². The minimum atomic E-state index is -1.27. The number of hydrogen-bond donors (Lipinski definition) is 2. The summed E-state index contributed by atoms with van der Waals surface area (Å²) in [5.41, 5.74) is 2.64. The van der Waals surface area contributed by atoms with Gasteiger partial charge < -0.3 is 14.6 Å². The van der Waals surface area contributed by atoms with Crippen LogP contribution in [0.15, 0.2) is 97.2 Å². The lowest BCUT2D eigenvalue weighted by atomic mass is 9.71. The van der Waals surface area contributed by atoms with Crippen LogP contribution in [0.2, 0.25) is 0 Å². The third-order valence-electron chi connectivity index (χ3n) is 7.33. The third-order valence-corrected chi connectivity index (χ3v) is 8.97. The number of thioether (sulfide) groups is 1. The minimum absolute atomic E-state index is 0.217. The minimum Gasteiger partial charge on any atom is -0.497 e. The van der Waals surface area contributed by atoms with Gasteiger partial charge >= 0.3 is 12.1 Å². The Balaban J connectivity index is 1.71. The molecule has 1 heterocycles. The second-order valence-corrected chi connectivity index (χ2v) is 12.8. The van der Waals surface area contributed by atoms with Gasteiger partial charge in [-0.25, -0.2) is 9.78 Å². The molecule has 1 aromatic heterocycles. The van der Waals surface area contributed by atoms with Crippen molar-refractivity contribution in [2.45, 2.75) is 62.6 Å². The molecule has 0 aliphatic carbocycles. The number of hydrogen-bond acceptors (Lipinski definition) is 6. The summed E-state index contributed by atoms with van der Waals surface area (Å²) >= 11 is 1.64. The molecule has 0 radical (unpaired) electrons. The Morgan fingerprint density at radius 3 is 2.18 bits per heavy atom. The number of amides is 1. The van der Waals surface area contributed by atoms with Crippen molar-refractivity contribution in [3.8, 4) is 16.9 Å². The van der Waals surface area contributed by atoms with Crippen LogP contribution < -0.4 is 10.1 Å². The first-order valence-corrected chi connectivity index (χ1v) is 15.7. The van der Waals surface area contributed by atoms with E-state index in [1.165, 1.54) is 0 Å². The summed E-state index contributed by atoms with van der Waals surface area (Å²) in [4.78, 5) is 30.3. The van der Waals surface area contributed by atoms with Crippen molar-refractivity contribution in [3.05, 3.63) is 114 Å². The summed E-state index contributed by atoms with van der Waals surface area (Å²) in [6.07, 6.45) is 1.88. The predicted octanol–water partition coefficient (Wildman–Crippen LogP) is 8.38. The number of carboxylic acids is 1. The Morgan fingerprint density at radius 1 is 0.909 bits per heavy atom. The highest BCUT2D eigenvalue weighted by molar-refractivity contribution is 7.99. The fraction of sp³-hybridized carbons (Fsp3) is 0.306. The maximum Gasteiger partial charge on any atom is 0.413 e. The Labute approximate surface area is 264 Å². The van der Waals surface area contributed by atoms with E-state index >= 15 is 0 Å². The van der Waals surface area contributed by atoms with Gasteiger partial charge in [-0.05, 0) is 85.7 Å². The number of methoxy groups -OCH3 is 1. The second kappa shape index (κ2) is 14.4. The number of nitrogens with zero attached hydrogens (tertiary/aromatic N) is 1. The van der Waals surface area contributed by atoms with Gasteiger partial charge in [0, 0.05) is 17.2 Å². The lowest BCUT2D eigenvalue weighted by molar-refractivity contribution is -0.144. The molecule has 8 heteroatoms. The van der Waals surface area contributed by atoms with E-state index in [0.717, 1.165) is 33.6 Å². The number of ether oxygens (including phenoxy) is 2. The summed E-state index contributed by atoms with van der Waals surface area (Å²) < 4.78 is 10.6. The Hall–Kier alpha value is -4.30. The summed E-state index contributed by atoms with van der Waals surface area (Å²) in [5, 5.41) is 13.5. The van der Waals surface area contributed by atoms with E-state index in [2.05, 4.69) is 10.3 Å². The van der Waals surface area contributed by atoms with Crippen molar-refractivity contribution in [2.24, 2.45) is 0 Å². The largest absolute Gasteiger partial charge is 0.497 e. The van der Waals surface area contributed by atoms with Crippen LogP contribution in [0.5, 0.6) is 5.75 Å². The van der Waals surface area contributed by atoms with E-state index in [4.69, 9.17) is 9.47 Å². The van der Waals surface area contributed by atoms with E-state index < -0.39 is 23.1 Å². The van der Waals surface area contributed by atoms with Crippen molar-refractivity contribution < 1.29 is 24.2 Å². The molecule has 0 saturated heterocycles. The van der Waals surface area contributed by atoms with Crippen LogP contribution in [0, 0.1) is 0 Å². The van der Waals surface area contributed by atoms with Crippen LogP contribution in [0.4, 0.5) is 10.6 Å². The monoisotopic (exact) mass is 612 g/mol. The summed E-state index contributed by atoms with van der Waals surface area (Å²) in [5.74, 6) is 0.858. The fourth-order valence-electron chi connectivity index (χ4n) is 5.21. The molecule has 7 nitrogen and oxygen atoms in total. The van der Waals surface area contributed by atoms with Crippen LogP contribution in [-0.4, -0.2) is 40.1 Å². The first-order valence-electron chi connectivity index (χ1n) is 14.6. The fourth-order valence-corrected chi connectivity index (χ4v) is 6.63. The third kappa shape index (κ3) is 8.20. The number of aromatic nitrogens is 1.